The fraction of sp³-hybridized carbons (Fsp3) is 0.455. The molecule has 2 aromatic rings. The van der Waals surface area contributed by atoms with Crippen LogP contribution in [0.1, 0.15) is 19.0 Å². The number of aliphatic imine (C=N–C) groups is 1. The molecule has 1 atom stereocenters. The molecule has 1 aliphatic heterocycles. The molecule has 0 radical (unpaired) electrons. The number of rotatable bonds is 8. The summed E-state index contributed by atoms with van der Waals surface area (Å²) >= 11 is 0. The maximum Gasteiger partial charge on any atom is 0.387 e. The molecule has 0 amide bonds. The van der Waals surface area contributed by atoms with Crippen LogP contribution < -0.4 is 25.2 Å². The third-order valence-electron chi connectivity index (χ3n) is 4.94. The first-order valence-electron chi connectivity index (χ1n) is 10.4. The van der Waals surface area contributed by atoms with Crippen molar-refractivity contribution in [3.05, 3.63) is 48.2 Å². The van der Waals surface area contributed by atoms with Crippen LogP contribution in [0, 0.1) is 0 Å². The van der Waals surface area contributed by atoms with Crippen molar-refractivity contribution >= 4 is 41.4 Å². The lowest BCUT2D eigenvalue weighted by Gasteiger charge is -2.22. The summed E-state index contributed by atoms with van der Waals surface area (Å²) in [4.78, 5) is 13.3. The van der Waals surface area contributed by atoms with Gasteiger partial charge in [-0.2, -0.15) is 8.78 Å². The molecule has 32 heavy (non-hydrogen) atoms. The van der Waals surface area contributed by atoms with Crippen molar-refractivity contribution in [2.24, 2.45) is 4.99 Å². The Bertz CT molecular complexity index is 883. The van der Waals surface area contributed by atoms with Gasteiger partial charge in [0.25, 0.3) is 0 Å². The van der Waals surface area contributed by atoms with Gasteiger partial charge in [0, 0.05) is 39.8 Å². The Balaban J connectivity index is 0.00000363. The van der Waals surface area contributed by atoms with Crippen LogP contribution >= 0.6 is 24.0 Å². The zero-order valence-corrected chi connectivity index (χ0v) is 20.9. The Labute approximate surface area is 205 Å². The Morgan fingerprint density at radius 2 is 2.03 bits per heavy atom. The lowest BCUT2D eigenvalue weighted by Crippen LogP contribution is -2.44. The third-order valence-corrected chi connectivity index (χ3v) is 4.94. The van der Waals surface area contributed by atoms with E-state index in [9.17, 15) is 8.78 Å². The van der Waals surface area contributed by atoms with E-state index in [0.29, 0.717) is 24.7 Å². The van der Waals surface area contributed by atoms with Crippen molar-refractivity contribution in [2.75, 3.05) is 43.5 Å². The molecule has 1 aliphatic rings. The number of nitrogens with zero attached hydrogens (tertiary/aromatic N) is 4. The van der Waals surface area contributed by atoms with Crippen LogP contribution in [0.4, 0.5) is 20.3 Å². The normalized spacial score (nSPS) is 16.0. The van der Waals surface area contributed by atoms with Gasteiger partial charge in [-0.05, 0) is 37.6 Å². The molecule has 1 fully saturated rings. The maximum atomic E-state index is 12.7. The Kier molecular flexibility index (Phi) is 10.2. The predicted octanol–water partition coefficient (Wildman–Crippen LogP) is 3.70. The SMILES string of the molecule is CCNC(=NCc1cccc(N(C)C)n1)NC1CCN(c2ccccc2OC(F)F)C1.I. The Morgan fingerprint density at radius 3 is 2.75 bits per heavy atom. The van der Waals surface area contributed by atoms with E-state index in [1.165, 1.54) is 0 Å². The number of hydrogen-bond donors (Lipinski definition) is 2. The molecule has 3 rings (SSSR count). The van der Waals surface area contributed by atoms with Crippen LogP contribution in [-0.2, 0) is 6.54 Å². The third kappa shape index (κ3) is 7.35. The van der Waals surface area contributed by atoms with Gasteiger partial charge < -0.3 is 25.2 Å². The van der Waals surface area contributed by atoms with Crippen molar-refractivity contribution in [3.63, 3.8) is 0 Å². The number of guanidine groups is 1. The molecule has 176 valence electrons. The molecule has 0 aliphatic carbocycles. The molecule has 2 heterocycles. The van der Waals surface area contributed by atoms with E-state index in [-0.39, 0.29) is 35.8 Å². The second kappa shape index (κ2) is 12.6. The van der Waals surface area contributed by atoms with Gasteiger partial charge in [-0.15, -0.1) is 24.0 Å². The van der Waals surface area contributed by atoms with Crippen molar-refractivity contribution < 1.29 is 13.5 Å². The number of ether oxygens (including phenoxy) is 1. The number of hydrogen-bond acceptors (Lipinski definition) is 5. The van der Waals surface area contributed by atoms with Crippen LogP contribution in [0.2, 0.25) is 0 Å². The molecule has 2 N–H and O–H groups in total. The number of alkyl halides is 2. The molecule has 1 unspecified atom stereocenters. The van der Waals surface area contributed by atoms with Gasteiger partial charge in [0.15, 0.2) is 5.96 Å². The molecule has 7 nitrogen and oxygen atoms in total. The van der Waals surface area contributed by atoms with Crippen LogP contribution in [0.5, 0.6) is 5.75 Å². The van der Waals surface area contributed by atoms with Crippen LogP contribution in [0.15, 0.2) is 47.5 Å². The van der Waals surface area contributed by atoms with Gasteiger partial charge in [-0.1, -0.05) is 18.2 Å². The van der Waals surface area contributed by atoms with E-state index in [4.69, 9.17) is 0 Å². The summed E-state index contributed by atoms with van der Waals surface area (Å²) in [7, 11) is 3.91. The van der Waals surface area contributed by atoms with Gasteiger partial charge in [-0.25, -0.2) is 9.98 Å². The minimum Gasteiger partial charge on any atom is -0.433 e. The number of nitrogens with one attached hydrogen (secondary N) is 2. The highest BCUT2D eigenvalue weighted by atomic mass is 127. The number of anilines is 2. The van der Waals surface area contributed by atoms with Crippen molar-refractivity contribution in [1.29, 1.82) is 0 Å². The lowest BCUT2D eigenvalue weighted by molar-refractivity contribution is -0.0495. The summed E-state index contributed by atoms with van der Waals surface area (Å²) in [5.74, 6) is 1.80. The van der Waals surface area contributed by atoms with Crippen LogP contribution in [0.25, 0.3) is 0 Å². The van der Waals surface area contributed by atoms with E-state index in [1.807, 2.05) is 56.3 Å². The van der Waals surface area contributed by atoms with Crippen LogP contribution in [-0.4, -0.2) is 57.3 Å². The minimum atomic E-state index is -2.84. The smallest absolute Gasteiger partial charge is 0.387 e. The molecule has 0 bridgehead atoms. The monoisotopic (exact) mass is 560 g/mol. The first-order valence-corrected chi connectivity index (χ1v) is 10.4. The molecular formula is C22H31F2IN6O. The van der Waals surface area contributed by atoms with Gasteiger partial charge in [0.2, 0.25) is 0 Å². The summed E-state index contributed by atoms with van der Waals surface area (Å²) < 4.78 is 30.1. The summed E-state index contributed by atoms with van der Waals surface area (Å²) in [5.41, 5.74) is 1.56. The number of aromatic nitrogens is 1. The highest BCUT2D eigenvalue weighted by Crippen LogP contribution is 2.31. The first kappa shape index (κ1) is 25.9. The Morgan fingerprint density at radius 1 is 1.25 bits per heavy atom. The van der Waals surface area contributed by atoms with E-state index >= 15 is 0 Å². The van der Waals surface area contributed by atoms with Crippen molar-refractivity contribution in [3.8, 4) is 5.75 Å². The number of para-hydroxylation sites is 2. The van der Waals surface area contributed by atoms with E-state index in [1.54, 1.807) is 12.1 Å². The minimum absolute atomic E-state index is 0. The van der Waals surface area contributed by atoms with Gasteiger partial charge in [-0.3, -0.25) is 0 Å². The first-order chi connectivity index (χ1) is 15.0. The van der Waals surface area contributed by atoms with E-state index in [0.717, 1.165) is 31.0 Å². The summed E-state index contributed by atoms with van der Waals surface area (Å²) in [5, 5.41) is 6.72. The second-order valence-corrected chi connectivity index (χ2v) is 7.50. The zero-order chi connectivity index (χ0) is 22.2. The topological polar surface area (TPSA) is 65.0 Å². The molecule has 1 aromatic heterocycles. The fourth-order valence-corrected chi connectivity index (χ4v) is 3.49. The number of pyridine rings is 1. The summed E-state index contributed by atoms with van der Waals surface area (Å²) in [6.45, 7) is 1.78. The fourth-order valence-electron chi connectivity index (χ4n) is 3.49. The highest BCUT2D eigenvalue weighted by Gasteiger charge is 2.26. The standard InChI is InChI=1S/C22H30F2N6O.HI/c1-4-25-22(26-14-16-8-7-11-20(27-16)29(2)3)28-17-12-13-30(15-17)18-9-5-6-10-19(18)31-21(23)24;/h5-11,17,21H,4,12-15H2,1-3H3,(H2,25,26,28);1H. The van der Waals surface area contributed by atoms with Gasteiger partial charge in [0.05, 0.1) is 17.9 Å². The highest BCUT2D eigenvalue weighted by molar-refractivity contribution is 14.0. The van der Waals surface area contributed by atoms with Crippen molar-refractivity contribution in [2.45, 2.75) is 32.5 Å². The molecular weight excluding hydrogens is 529 g/mol. The molecule has 1 aromatic carbocycles. The average Bonchev–Trinajstić information content (AvgIpc) is 3.20. The maximum absolute atomic E-state index is 12.7. The largest absolute Gasteiger partial charge is 0.433 e. The van der Waals surface area contributed by atoms with Gasteiger partial charge >= 0.3 is 6.61 Å². The summed E-state index contributed by atoms with van der Waals surface area (Å²) in [6.07, 6.45) is 0.863. The van der Waals surface area contributed by atoms with E-state index < -0.39 is 6.61 Å². The average molecular weight is 560 g/mol. The molecule has 10 heteroatoms. The number of halogens is 3. The number of benzene rings is 1. The summed E-state index contributed by atoms with van der Waals surface area (Å²) in [6, 6.07) is 12.9. The Hall–Kier alpha value is -2.37. The van der Waals surface area contributed by atoms with Crippen LogP contribution in [0.3, 0.4) is 0 Å². The predicted molar refractivity (Wildman–Crippen MR) is 136 cm³/mol. The van der Waals surface area contributed by atoms with Gasteiger partial charge in [0.1, 0.15) is 11.6 Å². The molecule has 0 spiro atoms. The molecule has 1 saturated heterocycles. The quantitative estimate of drug-likeness (QED) is 0.292. The van der Waals surface area contributed by atoms with E-state index in [2.05, 4.69) is 30.2 Å². The lowest BCUT2D eigenvalue weighted by atomic mass is 10.2. The second-order valence-electron chi connectivity index (χ2n) is 7.50. The molecule has 0 saturated carbocycles. The van der Waals surface area contributed by atoms with Crippen molar-refractivity contribution in [1.82, 2.24) is 15.6 Å². The zero-order valence-electron chi connectivity index (χ0n) is 18.6.